The van der Waals surface area contributed by atoms with Crippen molar-refractivity contribution in [2.45, 2.75) is 6.10 Å². The number of carbonyl (C=O) groups excluding carboxylic acids is 1. The molecule has 2 rings (SSSR count). The van der Waals surface area contributed by atoms with Gasteiger partial charge in [0.1, 0.15) is 6.10 Å². The van der Waals surface area contributed by atoms with Gasteiger partial charge in [0, 0.05) is 44.7 Å². The van der Waals surface area contributed by atoms with Crippen LogP contribution in [0.1, 0.15) is 0 Å². The van der Waals surface area contributed by atoms with Crippen LogP contribution in [0.25, 0.3) is 0 Å². The fourth-order valence-corrected chi connectivity index (χ4v) is 1.78. The van der Waals surface area contributed by atoms with Crippen LogP contribution in [0.3, 0.4) is 0 Å². The predicted octanol–water partition coefficient (Wildman–Crippen LogP) is 1.24. The standard InChI is InChI=1S/C13H16N3O3.U/c1-9(17)15(2)10-3-5-11(6-4-10)16-8-12(7-14)19-13(16)18;/h3,5-6,12,17H,1,7-8,14H2,2H3;/q-1;/t12-;/m0./s1. The van der Waals surface area contributed by atoms with Gasteiger partial charge in [0.2, 0.25) is 0 Å². The molecule has 0 unspecified atom stereocenters. The van der Waals surface area contributed by atoms with Crippen LogP contribution in [-0.4, -0.2) is 37.4 Å². The molecule has 1 aromatic rings. The van der Waals surface area contributed by atoms with Crippen molar-refractivity contribution in [3.63, 3.8) is 0 Å². The summed E-state index contributed by atoms with van der Waals surface area (Å²) < 4.78 is 5.08. The second-order valence-electron chi connectivity index (χ2n) is 4.26. The van der Waals surface area contributed by atoms with E-state index in [-0.39, 0.29) is 43.1 Å². The van der Waals surface area contributed by atoms with E-state index >= 15 is 0 Å². The van der Waals surface area contributed by atoms with Gasteiger partial charge in [-0.25, -0.2) is 4.79 Å². The van der Waals surface area contributed by atoms with E-state index in [9.17, 15) is 9.90 Å². The molecule has 1 atom stereocenters. The van der Waals surface area contributed by atoms with Crippen molar-refractivity contribution in [1.29, 1.82) is 0 Å². The molecule has 7 heteroatoms. The van der Waals surface area contributed by atoms with Crippen molar-refractivity contribution in [1.82, 2.24) is 0 Å². The Bertz CT molecular complexity index is 492. The largest absolute Gasteiger partial charge is 0.495 e. The Morgan fingerprint density at radius 1 is 1.70 bits per heavy atom. The molecular weight excluding hydrogens is 484 g/mol. The molecule has 106 valence electrons. The quantitative estimate of drug-likeness (QED) is 0.481. The summed E-state index contributed by atoms with van der Waals surface area (Å²) in [4.78, 5) is 14.6. The molecule has 1 fully saturated rings. The summed E-state index contributed by atoms with van der Waals surface area (Å²) in [6.45, 7) is 4.17. The minimum Gasteiger partial charge on any atom is -0.495 e. The van der Waals surface area contributed by atoms with Gasteiger partial charge in [-0.3, -0.25) is 0 Å². The van der Waals surface area contributed by atoms with Gasteiger partial charge in [0.25, 0.3) is 0 Å². The van der Waals surface area contributed by atoms with Gasteiger partial charge in [0.05, 0.1) is 6.54 Å². The van der Waals surface area contributed by atoms with Gasteiger partial charge in [-0.1, -0.05) is 11.4 Å². The van der Waals surface area contributed by atoms with E-state index in [1.54, 1.807) is 25.2 Å². The van der Waals surface area contributed by atoms with E-state index in [0.717, 1.165) is 0 Å². The first kappa shape index (κ1) is 16.9. The van der Waals surface area contributed by atoms with Crippen molar-refractivity contribution in [2.24, 2.45) is 5.73 Å². The van der Waals surface area contributed by atoms with Crippen molar-refractivity contribution in [2.75, 3.05) is 29.9 Å². The number of amides is 1. The van der Waals surface area contributed by atoms with Gasteiger partial charge in [0.15, 0.2) is 5.88 Å². The number of cyclic esters (lactones) is 1. The summed E-state index contributed by atoms with van der Waals surface area (Å²) in [5, 5.41) is 9.28. The smallest absolute Gasteiger partial charge is 0.403 e. The number of aliphatic hydroxyl groups excluding tert-OH is 1. The topological polar surface area (TPSA) is 79.0 Å². The van der Waals surface area contributed by atoms with Crippen LogP contribution in [0.2, 0.25) is 0 Å². The van der Waals surface area contributed by atoms with Crippen LogP contribution in [0.4, 0.5) is 16.2 Å². The Morgan fingerprint density at radius 2 is 2.40 bits per heavy atom. The molecule has 1 amide bonds. The minimum absolute atomic E-state index is 0. The molecule has 3 N–H and O–H groups in total. The van der Waals surface area contributed by atoms with E-state index in [0.29, 0.717) is 24.5 Å². The molecule has 1 heterocycles. The first-order chi connectivity index (χ1) is 9.02. The van der Waals surface area contributed by atoms with Crippen LogP contribution < -0.4 is 15.5 Å². The van der Waals surface area contributed by atoms with Gasteiger partial charge in [-0.05, 0) is 6.58 Å². The summed E-state index contributed by atoms with van der Waals surface area (Å²) in [5.74, 6) is -0.0761. The molecule has 1 aromatic carbocycles. The number of nitrogens with two attached hydrogens (primary N) is 1. The van der Waals surface area contributed by atoms with Crippen LogP contribution >= 0.6 is 0 Å². The Labute approximate surface area is 141 Å². The maximum atomic E-state index is 11.6. The first-order valence-corrected chi connectivity index (χ1v) is 5.84. The van der Waals surface area contributed by atoms with Crippen LogP contribution in [0.15, 0.2) is 30.7 Å². The Morgan fingerprint density at radius 3 is 2.85 bits per heavy atom. The van der Waals surface area contributed by atoms with Crippen molar-refractivity contribution >= 4 is 17.5 Å². The molecule has 0 saturated carbocycles. The molecule has 1 aliphatic rings. The van der Waals surface area contributed by atoms with E-state index < -0.39 is 6.09 Å². The molecule has 0 aromatic heterocycles. The van der Waals surface area contributed by atoms with Crippen molar-refractivity contribution in [3.8, 4) is 0 Å². The first-order valence-electron chi connectivity index (χ1n) is 5.84. The zero-order chi connectivity index (χ0) is 14.0. The van der Waals surface area contributed by atoms with Crippen LogP contribution in [-0.2, 0) is 4.74 Å². The number of hydrogen-bond acceptors (Lipinski definition) is 5. The second-order valence-corrected chi connectivity index (χ2v) is 4.26. The van der Waals surface area contributed by atoms with E-state index in [2.05, 4.69) is 12.6 Å². The van der Waals surface area contributed by atoms with E-state index in [1.807, 2.05) is 0 Å². The normalized spacial score (nSPS) is 17.4. The van der Waals surface area contributed by atoms with Crippen LogP contribution in [0.5, 0.6) is 0 Å². The number of anilines is 2. The fourth-order valence-electron chi connectivity index (χ4n) is 1.78. The number of rotatable bonds is 4. The molecule has 1 aliphatic heterocycles. The third-order valence-electron chi connectivity index (χ3n) is 2.98. The Hall–Kier alpha value is -1.16. The Kier molecular flexibility index (Phi) is 5.93. The minimum atomic E-state index is -0.406. The summed E-state index contributed by atoms with van der Waals surface area (Å²) in [6, 6.07) is 8.13. The number of carbonyl (C=O) groups is 1. The SMILES string of the molecule is C=C(O)N(C)c1[c-]cc(N2C[C@H](CN)OC2=O)cc1.[U]. The molecule has 6 nitrogen and oxygen atoms in total. The number of nitrogens with zero attached hydrogens (tertiary/aromatic N) is 2. The summed E-state index contributed by atoms with van der Waals surface area (Å²) in [6.07, 6.45) is -0.677. The van der Waals surface area contributed by atoms with Crippen LogP contribution in [0, 0.1) is 37.2 Å². The third-order valence-corrected chi connectivity index (χ3v) is 2.98. The molecule has 0 aliphatic carbocycles. The number of aliphatic hydroxyl groups is 1. The molecular formula is C13H16N3O3U-. The van der Waals surface area contributed by atoms with E-state index in [1.165, 1.54) is 9.80 Å². The average molecular weight is 500 g/mol. The van der Waals surface area contributed by atoms with E-state index in [4.69, 9.17) is 10.5 Å². The average Bonchev–Trinajstić information content (AvgIpc) is 2.79. The fraction of sp³-hybridized carbons (Fsp3) is 0.308. The molecule has 0 spiro atoms. The maximum Gasteiger partial charge on any atom is 0.403 e. The van der Waals surface area contributed by atoms with Crippen molar-refractivity contribution < 1.29 is 45.8 Å². The summed E-state index contributed by atoms with van der Waals surface area (Å²) in [5.41, 5.74) is 6.81. The number of ether oxygens (including phenoxy) is 1. The number of hydrogen-bond donors (Lipinski definition) is 2. The maximum absolute atomic E-state index is 11.6. The summed E-state index contributed by atoms with van der Waals surface area (Å²) in [7, 11) is 1.67. The monoisotopic (exact) mass is 500 g/mol. The predicted molar refractivity (Wildman–Crippen MR) is 72.1 cm³/mol. The Balaban J connectivity index is 0.00000200. The molecule has 0 radical (unpaired) electrons. The number of benzene rings is 1. The van der Waals surface area contributed by atoms with Gasteiger partial charge in [-0.2, -0.15) is 12.1 Å². The summed E-state index contributed by atoms with van der Waals surface area (Å²) >= 11 is 0. The van der Waals surface area contributed by atoms with Gasteiger partial charge < -0.3 is 25.4 Å². The zero-order valence-corrected chi connectivity index (χ0v) is 15.3. The third kappa shape index (κ3) is 3.48. The molecule has 0 bridgehead atoms. The molecule has 20 heavy (non-hydrogen) atoms. The zero-order valence-electron chi connectivity index (χ0n) is 11.2. The van der Waals surface area contributed by atoms with Crippen molar-refractivity contribution in [3.05, 3.63) is 36.7 Å². The van der Waals surface area contributed by atoms with Gasteiger partial charge in [-0.15, -0.1) is 12.1 Å². The molecule has 1 saturated heterocycles. The second kappa shape index (κ2) is 7.02. The van der Waals surface area contributed by atoms with Gasteiger partial charge >= 0.3 is 6.09 Å².